The Hall–Kier alpha value is -1.02. The van der Waals surface area contributed by atoms with Gasteiger partial charge in [0, 0.05) is 12.6 Å². The number of aromatic hydroxyl groups is 1. The van der Waals surface area contributed by atoms with E-state index >= 15 is 0 Å². The molecule has 2 heteroatoms. The predicted molar refractivity (Wildman–Crippen MR) is 78.4 cm³/mol. The fourth-order valence-electron chi connectivity index (χ4n) is 3.26. The number of piperidine rings is 1. The third kappa shape index (κ3) is 3.73. The summed E-state index contributed by atoms with van der Waals surface area (Å²) in [5.41, 5.74) is 1.36. The quantitative estimate of drug-likeness (QED) is 0.873. The van der Waals surface area contributed by atoms with Crippen LogP contribution in [0, 0.1) is 5.92 Å². The zero-order chi connectivity index (χ0) is 13.1. The second kappa shape index (κ2) is 5.96. The summed E-state index contributed by atoms with van der Waals surface area (Å²) in [4.78, 5) is 2.75. The van der Waals surface area contributed by atoms with Crippen LogP contribution in [0.15, 0.2) is 24.3 Å². The highest BCUT2D eigenvalue weighted by atomic mass is 16.3. The molecular formula is C17H25NO. The molecule has 1 heterocycles. The van der Waals surface area contributed by atoms with Gasteiger partial charge in [-0.2, -0.15) is 0 Å². The average Bonchev–Trinajstić information content (AvgIpc) is 3.24. The Morgan fingerprint density at radius 1 is 1.05 bits per heavy atom. The molecule has 3 rings (SSSR count). The molecule has 1 saturated heterocycles. The van der Waals surface area contributed by atoms with Crippen LogP contribution in [0.4, 0.5) is 0 Å². The van der Waals surface area contributed by atoms with Crippen molar-refractivity contribution in [1.82, 2.24) is 4.90 Å². The Morgan fingerprint density at radius 2 is 1.84 bits per heavy atom. The van der Waals surface area contributed by atoms with Crippen molar-refractivity contribution in [2.45, 2.75) is 51.0 Å². The van der Waals surface area contributed by atoms with Crippen molar-refractivity contribution in [3.63, 3.8) is 0 Å². The average molecular weight is 259 g/mol. The molecule has 1 aliphatic heterocycles. The normalized spacial score (nSPS) is 24.5. The highest BCUT2D eigenvalue weighted by molar-refractivity contribution is 5.25. The number of phenols is 1. The topological polar surface area (TPSA) is 23.5 Å². The molecule has 0 spiro atoms. The monoisotopic (exact) mass is 259 g/mol. The summed E-state index contributed by atoms with van der Waals surface area (Å²) in [5.74, 6) is 1.38. The number of hydrogen-bond acceptors (Lipinski definition) is 2. The van der Waals surface area contributed by atoms with Gasteiger partial charge in [-0.05, 0) is 68.7 Å². The van der Waals surface area contributed by atoms with Gasteiger partial charge in [0.15, 0.2) is 0 Å². The molecule has 0 amide bonds. The van der Waals surface area contributed by atoms with Crippen molar-refractivity contribution in [1.29, 1.82) is 0 Å². The largest absolute Gasteiger partial charge is 0.508 e. The van der Waals surface area contributed by atoms with Crippen LogP contribution in [0.5, 0.6) is 5.75 Å². The molecule has 1 aromatic carbocycles. The molecular weight excluding hydrogens is 234 g/mol. The van der Waals surface area contributed by atoms with Crippen LogP contribution in [-0.2, 0) is 6.42 Å². The number of benzene rings is 1. The molecule has 1 N–H and O–H groups in total. The first-order valence-corrected chi connectivity index (χ1v) is 7.83. The van der Waals surface area contributed by atoms with Gasteiger partial charge >= 0.3 is 0 Å². The minimum absolute atomic E-state index is 0.372. The summed E-state index contributed by atoms with van der Waals surface area (Å²) < 4.78 is 0. The van der Waals surface area contributed by atoms with E-state index in [9.17, 15) is 5.11 Å². The molecule has 0 bridgehead atoms. The summed E-state index contributed by atoms with van der Waals surface area (Å²) >= 11 is 0. The first-order chi connectivity index (χ1) is 9.31. The molecule has 0 aromatic heterocycles. The summed E-state index contributed by atoms with van der Waals surface area (Å²) in [5, 5.41) is 9.31. The van der Waals surface area contributed by atoms with Crippen molar-refractivity contribution in [3.05, 3.63) is 29.8 Å². The van der Waals surface area contributed by atoms with Gasteiger partial charge in [-0.15, -0.1) is 0 Å². The van der Waals surface area contributed by atoms with Gasteiger partial charge in [0.05, 0.1) is 0 Å². The number of likely N-dealkylation sites (tertiary alicyclic amines) is 1. The van der Waals surface area contributed by atoms with Gasteiger partial charge in [-0.3, -0.25) is 0 Å². The fraction of sp³-hybridized carbons (Fsp3) is 0.647. The number of phenolic OH excluding ortho intramolecular Hbond substituents is 1. The van der Waals surface area contributed by atoms with E-state index in [-0.39, 0.29) is 0 Å². The van der Waals surface area contributed by atoms with Gasteiger partial charge < -0.3 is 10.0 Å². The Morgan fingerprint density at radius 3 is 2.58 bits per heavy atom. The second-order valence-corrected chi connectivity index (χ2v) is 6.29. The van der Waals surface area contributed by atoms with Crippen molar-refractivity contribution < 1.29 is 5.11 Å². The molecule has 2 fully saturated rings. The number of aryl methyl sites for hydroxylation is 1. The van der Waals surface area contributed by atoms with Gasteiger partial charge in [0.2, 0.25) is 0 Å². The molecule has 0 radical (unpaired) electrons. The van der Waals surface area contributed by atoms with Crippen LogP contribution in [0.25, 0.3) is 0 Å². The zero-order valence-corrected chi connectivity index (χ0v) is 11.7. The standard InChI is InChI=1S/C17H25NO/c19-17-10-7-14(8-11-17)6-9-16-3-1-2-12-18(16)13-15-4-5-15/h7-8,10-11,15-16,19H,1-6,9,12-13H2. The highest BCUT2D eigenvalue weighted by Crippen LogP contribution is 2.32. The summed E-state index contributed by atoms with van der Waals surface area (Å²) in [7, 11) is 0. The highest BCUT2D eigenvalue weighted by Gasteiger charge is 2.29. The van der Waals surface area contributed by atoms with Crippen LogP contribution < -0.4 is 0 Å². The van der Waals surface area contributed by atoms with Crippen LogP contribution >= 0.6 is 0 Å². The first-order valence-electron chi connectivity index (χ1n) is 7.83. The molecule has 1 aromatic rings. The van der Waals surface area contributed by atoms with E-state index in [1.807, 2.05) is 0 Å². The lowest BCUT2D eigenvalue weighted by Crippen LogP contribution is -2.40. The molecule has 1 unspecified atom stereocenters. The molecule has 19 heavy (non-hydrogen) atoms. The lowest BCUT2D eigenvalue weighted by atomic mass is 9.95. The maximum atomic E-state index is 9.31. The molecule has 104 valence electrons. The van der Waals surface area contributed by atoms with Crippen LogP contribution in [0.3, 0.4) is 0 Å². The third-order valence-electron chi connectivity index (χ3n) is 4.64. The molecule has 2 aliphatic rings. The summed E-state index contributed by atoms with van der Waals surface area (Å²) in [6, 6.07) is 8.52. The molecule has 1 aliphatic carbocycles. The third-order valence-corrected chi connectivity index (χ3v) is 4.64. The zero-order valence-electron chi connectivity index (χ0n) is 11.7. The number of hydrogen-bond donors (Lipinski definition) is 1. The van der Waals surface area contributed by atoms with Crippen molar-refractivity contribution in [2.24, 2.45) is 5.92 Å². The van der Waals surface area contributed by atoms with Crippen molar-refractivity contribution in [3.8, 4) is 5.75 Å². The number of nitrogens with zero attached hydrogens (tertiary/aromatic N) is 1. The fourth-order valence-corrected chi connectivity index (χ4v) is 3.26. The van der Waals surface area contributed by atoms with Crippen molar-refractivity contribution in [2.75, 3.05) is 13.1 Å². The van der Waals surface area contributed by atoms with E-state index in [1.165, 1.54) is 57.2 Å². The Labute approximate surface area is 116 Å². The minimum atomic E-state index is 0.372. The van der Waals surface area contributed by atoms with E-state index in [0.29, 0.717) is 5.75 Å². The Balaban J connectivity index is 1.52. The lowest BCUT2D eigenvalue weighted by Gasteiger charge is -2.36. The smallest absolute Gasteiger partial charge is 0.115 e. The Bertz CT molecular complexity index is 396. The van der Waals surface area contributed by atoms with E-state index in [0.717, 1.165) is 18.4 Å². The summed E-state index contributed by atoms with van der Waals surface area (Å²) in [6.45, 7) is 2.66. The summed E-state index contributed by atoms with van der Waals surface area (Å²) in [6.07, 6.45) is 9.51. The first kappa shape index (κ1) is 13.0. The van der Waals surface area contributed by atoms with E-state index < -0.39 is 0 Å². The second-order valence-electron chi connectivity index (χ2n) is 6.29. The maximum absolute atomic E-state index is 9.31. The van der Waals surface area contributed by atoms with Crippen LogP contribution in [0.1, 0.15) is 44.1 Å². The van der Waals surface area contributed by atoms with Gasteiger partial charge in [0.25, 0.3) is 0 Å². The van der Waals surface area contributed by atoms with Crippen LogP contribution in [0.2, 0.25) is 0 Å². The molecule has 1 atom stereocenters. The van der Waals surface area contributed by atoms with E-state index in [2.05, 4.69) is 17.0 Å². The van der Waals surface area contributed by atoms with Crippen molar-refractivity contribution >= 4 is 0 Å². The molecule has 2 nitrogen and oxygen atoms in total. The van der Waals surface area contributed by atoms with Gasteiger partial charge in [-0.25, -0.2) is 0 Å². The maximum Gasteiger partial charge on any atom is 0.115 e. The molecule has 1 saturated carbocycles. The van der Waals surface area contributed by atoms with Gasteiger partial charge in [0.1, 0.15) is 5.75 Å². The lowest BCUT2D eigenvalue weighted by molar-refractivity contribution is 0.134. The van der Waals surface area contributed by atoms with Crippen LogP contribution in [-0.4, -0.2) is 29.1 Å². The minimum Gasteiger partial charge on any atom is -0.508 e. The predicted octanol–water partition coefficient (Wildman–Crippen LogP) is 3.59. The number of rotatable bonds is 5. The van der Waals surface area contributed by atoms with Gasteiger partial charge in [-0.1, -0.05) is 18.6 Å². The Kier molecular flexibility index (Phi) is 4.07. The van der Waals surface area contributed by atoms with E-state index in [4.69, 9.17) is 0 Å². The van der Waals surface area contributed by atoms with E-state index in [1.54, 1.807) is 12.1 Å². The SMILES string of the molecule is Oc1ccc(CCC2CCCCN2CC2CC2)cc1.